The highest BCUT2D eigenvalue weighted by Crippen LogP contribution is 2.38. The maximum atomic E-state index is 14.2. The summed E-state index contributed by atoms with van der Waals surface area (Å²) in [6.07, 6.45) is 0. The van der Waals surface area contributed by atoms with Crippen LogP contribution in [0.15, 0.2) is 52.7 Å². The molecule has 1 aromatic heterocycles. The van der Waals surface area contributed by atoms with Crippen molar-refractivity contribution in [3.05, 3.63) is 65.4 Å². The van der Waals surface area contributed by atoms with Crippen LogP contribution >= 0.6 is 12.2 Å². The second-order valence-corrected chi connectivity index (χ2v) is 7.56. The van der Waals surface area contributed by atoms with E-state index in [0.29, 0.717) is 23.1 Å². The van der Waals surface area contributed by atoms with Gasteiger partial charge in [-0.1, -0.05) is 17.3 Å². The highest BCUT2D eigenvalue weighted by molar-refractivity contribution is 7.80. The normalized spacial score (nSPS) is 16.2. The van der Waals surface area contributed by atoms with Gasteiger partial charge in [-0.25, -0.2) is 4.39 Å². The molecule has 1 atom stereocenters. The van der Waals surface area contributed by atoms with E-state index in [1.165, 1.54) is 19.2 Å². The Morgan fingerprint density at radius 1 is 1.19 bits per heavy atom. The number of methoxy groups -OCH3 is 2. The van der Waals surface area contributed by atoms with E-state index in [4.69, 9.17) is 26.2 Å². The molecule has 2 aromatic carbocycles. The SMILES string of the molecule is CCN1C(=S)NC(c2cccc(OC)c2)C(c2nc(-c3ccc(OC)c(F)c3)no2)=C1C. The van der Waals surface area contributed by atoms with Crippen LogP contribution in [0.3, 0.4) is 0 Å². The van der Waals surface area contributed by atoms with Gasteiger partial charge in [-0.3, -0.25) is 0 Å². The minimum Gasteiger partial charge on any atom is -0.497 e. The van der Waals surface area contributed by atoms with E-state index in [-0.39, 0.29) is 17.6 Å². The van der Waals surface area contributed by atoms with Crippen molar-refractivity contribution >= 4 is 22.9 Å². The summed E-state index contributed by atoms with van der Waals surface area (Å²) in [5.41, 5.74) is 3.12. The van der Waals surface area contributed by atoms with E-state index in [1.807, 2.05) is 43.0 Å². The fourth-order valence-electron chi connectivity index (χ4n) is 3.77. The topological polar surface area (TPSA) is 72.7 Å². The van der Waals surface area contributed by atoms with Crippen LogP contribution in [-0.2, 0) is 0 Å². The predicted octanol–water partition coefficient (Wildman–Crippen LogP) is 4.58. The molecule has 0 bridgehead atoms. The lowest BCUT2D eigenvalue weighted by atomic mass is 9.94. The van der Waals surface area contributed by atoms with Crippen LogP contribution in [0.4, 0.5) is 4.39 Å². The first-order valence-corrected chi connectivity index (χ1v) is 10.5. The minimum atomic E-state index is -0.497. The third-order valence-electron chi connectivity index (χ3n) is 5.41. The minimum absolute atomic E-state index is 0.151. The molecule has 0 saturated carbocycles. The third-order valence-corrected chi connectivity index (χ3v) is 5.74. The zero-order valence-electron chi connectivity index (χ0n) is 18.2. The molecule has 3 aromatic rings. The van der Waals surface area contributed by atoms with E-state index in [9.17, 15) is 4.39 Å². The number of benzene rings is 2. The van der Waals surface area contributed by atoms with Crippen LogP contribution < -0.4 is 14.8 Å². The lowest BCUT2D eigenvalue weighted by Gasteiger charge is -2.36. The summed E-state index contributed by atoms with van der Waals surface area (Å²) in [4.78, 5) is 6.55. The third kappa shape index (κ3) is 3.91. The van der Waals surface area contributed by atoms with Crippen LogP contribution in [0.2, 0.25) is 0 Å². The molecule has 1 aliphatic rings. The van der Waals surface area contributed by atoms with Crippen LogP contribution in [0, 0.1) is 5.82 Å². The summed E-state index contributed by atoms with van der Waals surface area (Å²) >= 11 is 5.59. The quantitative estimate of drug-likeness (QED) is 0.543. The van der Waals surface area contributed by atoms with Crippen molar-refractivity contribution in [2.75, 3.05) is 20.8 Å². The fourth-order valence-corrected chi connectivity index (χ4v) is 4.15. The van der Waals surface area contributed by atoms with Gasteiger partial charge < -0.3 is 24.2 Å². The van der Waals surface area contributed by atoms with Gasteiger partial charge in [0.15, 0.2) is 16.7 Å². The summed E-state index contributed by atoms with van der Waals surface area (Å²) in [7, 11) is 3.04. The van der Waals surface area contributed by atoms with Crippen LogP contribution in [0.1, 0.15) is 31.3 Å². The molecule has 9 heteroatoms. The highest BCUT2D eigenvalue weighted by Gasteiger charge is 2.33. The molecular formula is C23H23FN4O3S. The smallest absolute Gasteiger partial charge is 0.258 e. The predicted molar refractivity (Wildman–Crippen MR) is 123 cm³/mol. The van der Waals surface area contributed by atoms with E-state index >= 15 is 0 Å². The van der Waals surface area contributed by atoms with Gasteiger partial charge in [0.1, 0.15) is 5.75 Å². The number of aromatic nitrogens is 2. The van der Waals surface area contributed by atoms with Crippen molar-refractivity contribution < 1.29 is 18.4 Å². The fraction of sp³-hybridized carbons (Fsp3) is 0.261. The Hall–Kier alpha value is -3.46. The molecule has 0 radical (unpaired) electrons. The highest BCUT2D eigenvalue weighted by atomic mass is 32.1. The Morgan fingerprint density at radius 3 is 2.69 bits per heavy atom. The van der Waals surface area contributed by atoms with Gasteiger partial charge >= 0.3 is 0 Å². The van der Waals surface area contributed by atoms with Gasteiger partial charge in [0.2, 0.25) is 5.82 Å². The Bertz CT molecular complexity index is 1190. The van der Waals surface area contributed by atoms with Gasteiger partial charge in [0.05, 0.1) is 25.8 Å². The largest absolute Gasteiger partial charge is 0.497 e. The standard InChI is InChI=1S/C23H23FN4O3S/c1-5-28-13(2)19(20(25-23(28)32)14-7-6-8-16(11-14)29-3)22-26-21(27-31-22)15-9-10-18(30-4)17(24)12-15/h6-12,20H,5H2,1-4H3,(H,25,32). The maximum absolute atomic E-state index is 14.2. The molecule has 1 N–H and O–H groups in total. The molecule has 1 aliphatic heterocycles. The van der Waals surface area contributed by atoms with Crippen molar-refractivity contribution in [1.29, 1.82) is 0 Å². The summed E-state index contributed by atoms with van der Waals surface area (Å²) in [5, 5.41) is 8.08. The molecule has 2 heterocycles. The zero-order chi connectivity index (χ0) is 22.8. The molecule has 4 rings (SSSR count). The molecule has 0 spiro atoms. The summed E-state index contributed by atoms with van der Waals surface area (Å²) in [6, 6.07) is 11.9. The average Bonchev–Trinajstić information content (AvgIpc) is 3.28. The van der Waals surface area contributed by atoms with Crippen molar-refractivity contribution in [2.45, 2.75) is 19.9 Å². The molecular weight excluding hydrogens is 431 g/mol. The Kier molecular flexibility index (Phi) is 6.09. The lowest BCUT2D eigenvalue weighted by molar-refractivity contribution is 0.386. The first kappa shape index (κ1) is 21.8. The first-order valence-electron chi connectivity index (χ1n) is 10.1. The van der Waals surface area contributed by atoms with E-state index < -0.39 is 5.82 Å². The number of nitrogens with one attached hydrogen (secondary N) is 1. The number of ether oxygens (including phenoxy) is 2. The number of hydrogen-bond acceptors (Lipinski definition) is 6. The lowest BCUT2D eigenvalue weighted by Crippen LogP contribution is -2.45. The van der Waals surface area contributed by atoms with Crippen molar-refractivity contribution in [3.63, 3.8) is 0 Å². The van der Waals surface area contributed by atoms with Crippen molar-refractivity contribution in [2.24, 2.45) is 0 Å². The van der Waals surface area contributed by atoms with Gasteiger partial charge in [-0.05, 0) is 62.0 Å². The van der Waals surface area contributed by atoms with Crippen LogP contribution in [0.5, 0.6) is 11.5 Å². The van der Waals surface area contributed by atoms with Gasteiger partial charge in [0.25, 0.3) is 5.89 Å². The van der Waals surface area contributed by atoms with Gasteiger partial charge in [-0.2, -0.15) is 4.98 Å². The number of rotatable bonds is 6. The summed E-state index contributed by atoms with van der Waals surface area (Å²) in [5.74, 6) is 0.989. The Morgan fingerprint density at radius 2 is 2.00 bits per heavy atom. The maximum Gasteiger partial charge on any atom is 0.258 e. The number of allylic oxidation sites excluding steroid dienone is 1. The molecule has 0 saturated heterocycles. The molecule has 166 valence electrons. The molecule has 7 nitrogen and oxygen atoms in total. The zero-order valence-corrected chi connectivity index (χ0v) is 19.0. The Balaban J connectivity index is 1.80. The average molecular weight is 455 g/mol. The van der Waals surface area contributed by atoms with Crippen molar-refractivity contribution in [1.82, 2.24) is 20.4 Å². The number of hydrogen-bond donors (Lipinski definition) is 1. The summed E-state index contributed by atoms with van der Waals surface area (Å²) < 4.78 is 30.2. The number of nitrogens with zero attached hydrogens (tertiary/aromatic N) is 3. The second kappa shape index (κ2) is 8.96. The number of halogens is 1. The van der Waals surface area contributed by atoms with Gasteiger partial charge in [0, 0.05) is 17.8 Å². The summed E-state index contributed by atoms with van der Waals surface area (Å²) in [6.45, 7) is 4.66. The van der Waals surface area contributed by atoms with E-state index in [2.05, 4.69) is 15.5 Å². The molecule has 32 heavy (non-hydrogen) atoms. The number of thiocarbonyl (C=S) groups is 1. The van der Waals surface area contributed by atoms with E-state index in [0.717, 1.165) is 22.6 Å². The van der Waals surface area contributed by atoms with Crippen LogP contribution in [0.25, 0.3) is 17.0 Å². The second-order valence-electron chi connectivity index (χ2n) is 7.17. The monoisotopic (exact) mass is 454 g/mol. The molecule has 0 amide bonds. The molecule has 0 fully saturated rings. The van der Waals surface area contributed by atoms with Gasteiger partial charge in [-0.15, -0.1) is 0 Å². The van der Waals surface area contributed by atoms with Crippen LogP contribution in [-0.4, -0.2) is 40.9 Å². The molecule has 1 unspecified atom stereocenters. The Labute approximate surface area is 190 Å². The van der Waals surface area contributed by atoms with Crippen molar-refractivity contribution in [3.8, 4) is 22.9 Å². The first-order chi connectivity index (χ1) is 15.5. The van der Waals surface area contributed by atoms with E-state index in [1.54, 1.807) is 13.2 Å². The molecule has 0 aliphatic carbocycles.